The van der Waals surface area contributed by atoms with E-state index in [-0.39, 0.29) is 17.5 Å². The first-order chi connectivity index (χ1) is 11.8. The number of benzene rings is 1. The summed E-state index contributed by atoms with van der Waals surface area (Å²) in [5.41, 5.74) is 0.745. The Morgan fingerprint density at radius 3 is 2.48 bits per heavy atom. The fourth-order valence-corrected chi connectivity index (χ4v) is 5.11. The molecule has 1 fully saturated rings. The SMILES string of the molecule is CCCC1(c2c(C)ccc(OC)c2O)CC(=O)CCC1(OC)C(C)C. The van der Waals surface area contributed by atoms with Crippen LogP contribution in [0.4, 0.5) is 0 Å². The highest BCUT2D eigenvalue weighted by Crippen LogP contribution is 2.57. The van der Waals surface area contributed by atoms with Gasteiger partial charge in [-0.2, -0.15) is 0 Å². The Hall–Kier alpha value is -1.55. The van der Waals surface area contributed by atoms with E-state index in [9.17, 15) is 9.90 Å². The van der Waals surface area contributed by atoms with E-state index in [1.54, 1.807) is 20.3 Å². The maximum absolute atomic E-state index is 12.6. The monoisotopic (exact) mass is 348 g/mol. The van der Waals surface area contributed by atoms with Gasteiger partial charge in [-0.1, -0.05) is 33.3 Å². The lowest BCUT2D eigenvalue weighted by Crippen LogP contribution is -2.60. The number of carbonyl (C=O) groups excluding carboxylic acids is 1. The van der Waals surface area contributed by atoms with Crippen molar-refractivity contribution in [3.05, 3.63) is 23.3 Å². The maximum atomic E-state index is 12.6. The minimum Gasteiger partial charge on any atom is -0.504 e. The van der Waals surface area contributed by atoms with Crippen LogP contribution < -0.4 is 4.74 Å². The second kappa shape index (κ2) is 7.36. The van der Waals surface area contributed by atoms with E-state index in [1.165, 1.54) is 0 Å². The third-order valence-electron chi connectivity index (χ3n) is 6.11. The van der Waals surface area contributed by atoms with Crippen molar-refractivity contribution in [2.45, 2.75) is 70.8 Å². The molecule has 1 aromatic rings. The standard InChI is InChI=1S/C21H32O4/c1-7-11-20(18-15(4)8-9-17(24-5)19(18)23)13-16(22)10-12-21(20,25-6)14(2)3/h8-9,14,23H,7,10-13H2,1-6H3. The fourth-order valence-electron chi connectivity index (χ4n) is 5.11. The van der Waals surface area contributed by atoms with E-state index in [1.807, 2.05) is 13.0 Å². The van der Waals surface area contributed by atoms with Crippen LogP contribution in [0.2, 0.25) is 0 Å². The minimum absolute atomic E-state index is 0.146. The van der Waals surface area contributed by atoms with Gasteiger partial charge in [-0.15, -0.1) is 0 Å². The van der Waals surface area contributed by atoms with E-state index < -0.39 is 11.0 Å². The van der Waals surface area contributed by atoms with Gasteiger partial charge in [0.05, 0.1) is 12.7 Å². The van der Waals surface area contributed by atoms with Crippen LogP contribution in [0.1, 0.15) is 64.0 Å². The van der Waals surface area contributed by atoms with Gasteiger partial charge in [-0.3, -0.25) is 4.79 Å². The molecule has 0 bridgehead atoms. The Kier molecular flexibility index (Phi) is 5.82. The van der Waals surface area contributed by atoms with Gasteiger partial charge in [-0.25, -0.2) is 0 Å². The number of aryl methyl sites for hydroxylation is 1. The van der Waals surface area contributed by atoms with Gasteiger partial charge in [0.15, 0.2) is 11.5 Å². The van der Waals surface area contributed by atoms with E-state index in [0.717, 1.165) is 24.0 Å². The molecule has 0 aliphatic heterocycles. The number of ketones is 1. The first-order valence-electron chi connectivity index (χ1n) is 9.23. The molecule has 1 aliphatic rings. The summed E-state index contributed by atoms with van der Waals surface area (Å²) in [4.78, 5) is 12.6. The third-order valence-corrected chi connectivity index (χ3v) is 6.11. The predicted octanol–water partition coefficient (Wildman–Crippen LogP) is 4.54. The van der Waals surface area contributed by atoms with Crippen molar-refractivity contribution < 1.29 is 19.4 Å². The number of Topliss-reactive ketones (excluding diaryl/α,β-unsaturated/α-hetero) is 1. The second-order valence-corrected chi connectivity index (χ2v) is 7.60. The topological polar surface area (TPSA) is 55.8 Å². The van der Waals surface area contributed by atoms with Crippen molar-refractivity contribution in [1.82, 2.24) is 0 Å². The first-order valence-corrected chi connectivity index (χ1v) is 9.23. The Morgan fingerprint density at radius 1 is 1.28 bits per heavy atom. The largest absolute Gasteiger partial charge is 0.504 e. The molecule has 1 aromatic carbocycles. The Bertz CT molecular complexity index is 637. The molecule has 1 aliphatic carbocycles. The molecule has 1 saturated carbocycles. The van der Waals surface area contributed by atoms with Crippen molar-refractivity contribution in [3.8, 4) is 11.5 Å². The molecule has 4 heteroatoms. The summed E-state index contributed by atoms with van der Waals surface area (Å²) in [5.74, 6) is 1.04. The molecule has 0 aromatic heterocycles. The summed E-state index contributed by atoms with van der Waals surface area (Å²) in [6.45, 7) is 8.41. The van der Waals surface area contributed by atoms with Crippen molar-refractivity contribution in [2.24, 2.45) is 5.92 Å². The van der Waals surface area contributed by atoms with Crippen LogP contribution in [0.5, 0.6) is 11.5 Å². The van der Waals surface area contributed by atoms with Gasteiger partial charge < -0.3 is 14.6 Å². The summed E-state index contributed by atoms with van der Waals surface area (Å²) in [7, 11) is 3.30. The van der Waals surface area contributed by atoms with Crippen molar-refractivity contribution >= 4 is 5.78 Å². The molecule has 2 rings (SSSR count). The molecular weight excluding hydrogens is 316 g/mol. The number of aromatic hydroxyl groups is 1. The highest BCUT2D eigenvalue weighted by Gasteiger charge is 2.58. The zero-order valence-corrected chi connectivity index (χ0v) is 16.4. The predicted molar refractivity (Wildman–Crippen MR) is 99.4 cm³/mol. The molecule has 4 nitrogen and oxygen atoms in total. The zero-order chi connectivity index (χ0) is 18.8. The van der Waals surface area contributed by atoms with E-state index in [4.69, 9.17) is 9.47 Å². The molecule has 1 N–H and O–H groups in total. The Labute approximate surface area is 151 Å². The Balaban J connectivity index is 2.85. The summed E-state index contributed by atoms with van der Waals surface area (Å²) in [5, 5.41) is 11.0. The fraction of sp³-hybridized carbons (Fsp3) is 0.667. The van der Waals surface area contributed by atoms with Gasteiger partial charge in [0.1, 0.15) is 5.78 Å². The van der Waals surface area contributed by atoms with Gasteiger partial charge in [0, 0.05) is 30.9 Å². The molecule has 0 amide bonds. The van der Waals surface area contributed by atoms with E-state index in [0.29, 0.717) is 25.0 Å². The highest BCUT2D eigenvalue weighted by atomic mass is 16.5. The average molecular weight is 348 g/mol. The summed E-state index contributed by atoms with van der Waals surface area (Å²) < 4.78 is 11.6. The van der Waals surface area contributed by atoms with Crippen molar-refractivity contribution in [1.29, 1.82) is 0 Å². The van der Waals surface area contributed by atoms with Crippen LogP contribution in [0.3, 0.4) is 0 Å². The van der Waals surface area contributed by atoms with Crippen LogP contribution in [0.15, 0.2) is 12.1 Å². The Morgan fingerprint density at radius 2 is 1.96 bits per heavy atom. The molecule has 25 heavy (non-hydrogen) atoms. The minimum atomic E-state index is -0.553. The number of phenolic OH excluding ortho intramolecular Hbond substituents is 1. The van der Waals surface area contributed by atoms with Gasteiger partial charge in [0.25, 0.3) is 0 Å². The van der Waals surface area contributed by atoms with Crippen molar-refractivity contribution in [3.63, 3.8) is 0 Å². The number of rotatable bonds is 6. The molecule has 140 valence electrons. The van der Waals surface area contributed by atoms with Gasteiger partial charge >= 0.3 is 0 Å². The smallest absolute Gasteiger partial charge is 0.161 e. The van der Waals surface area contributed by atoms with Crippen LogP contribution in [0, 0.1) is 12.8 Å². The van der Waals surface area contributed by atoms with Crippen LogP contribution in [-0.2, 0) is 14.9 Å². The maximum Gasteiger partial charge on any atom is 0.161 e. The molecular formula is C21H32O4. The normalized spacial score (nSPS) is 26.9. The number of ether oxygens (including phenoxy) is 2. The lowest BCUT2D eigenvalue weighted by molar-refractivity contribution is -0.154. The summed E-state index contributed by atoms with van der Waals surface area (Å²) >= 11 is 0. The molecule has 0 spiro atoms. The van der Waals surface area contributed by atoms with Crippen LogP contribution in [0.25, 0.3) is 0 Å². The van der Waals surface area contributed by atoms with Crippen LogP contribution >= 0.6 is 0 Å². The number of methoxy groups -OCH3 is 2. The molecule has 2 atom stereocenters. The van der Waals surface area contributed by atoms with E-state index >= 15 is 0 Å². The first kappa shape index (κ1) is 19.8. The number of hydrogen-bond donors (Lipinski definition) is 1. The molecule has 0 radical (unpaired) electrons. The quantitative estimate of drug-likeness (QED) is 0.820. The zero-order valence-electron chi connectivity index (χ0n) is 16.4. The number of phenols is 1. The average Bonchev–Trinajstić information content (AvgIpc) is 2.55. The van der Waals surface area contributed by atoms with Gasteiger partial charge in [0.2, 0.25) is 0 Å². The second-order valence-electron chi connectivity index (χ2n) is 7.60. The highest BCUT2D eigenvalue weighted by molar-refractivity contribution is 5.82. The summed E-state index contributed by atoms with van der Waals surface area (Å²) in [6.07, 6.45) is 3.29. The lowest BCUT2D eigenvalue weighted by Gasteiger charge is -2.55. The van der Waals surface area contributed by atoms with Gasteiger partial charge in [-0.05, 0) is 37.3 Å². The number of carbonyl (C=O) groups is 1. The molecule has 0 saturated heterocycles. The molecule has 0 heterocycles. The molecule has 2 unspecified atom stereocenters. The number of hydrogen-bond acceptors (Lipinski definition) is 4. The third kappa shape index (κ3) is 2.95. The van der Waals surface area contributed by atoms with Crippen molar-refractivity contribution in [2.75, 3.05) is 14.2 Å². The van der Waals surface area contributed by atoms with E-state index in [2.05, 4.69) is 20.8 Å². The lowest BCUT2D eigenvalue weighted by atomic mass is 9.53. The van der Waals surface area contributed by atoms with Crippen LogP contribution in [-0.4, -0.2) is 30.7 Å². The summed E-state index contributed by atoms with van der Waals surface area (Å²) in [6, 6.07) is 3.74.